The van der Waals surface area contributed by atoms with E-state index in [1.807, 2.05) is 45.0 Å². The summed E-state index contributed by atoms with van der Waals surface area (Å²) in [6.45, 7) is 12.3. The molecule has 1 N–H and O–H groups in total. The SMILES string of the molecule is CCC(NC(C)(C)C)Oc1ccc(S(=O)(=O)c2c(C(C)C)cc3ccccn23)cc1.Cl. The summed E-state index contributed by atoms with van der Waals surface area (Å²) in [5.41, 5.74) is 1.62. The van der Waals surface area contributed by atoms with Crippen LogP contribution in [0, 0.1) is 0 Å². The van der Waals surface area contributed by atoms with Crippen LogP contribution >= 0.6 is 12.4 Å². The van der Waals surface area contributed by atoms with Crippen molar-refractivity contribution in [2.75, 3.05) is 0 Å². The number of hydrogen-bond acceptors (Lipinski definition) is 4. The molecule has 0 spiro atoms. The summed E-state index contributed by atoms with van der Waals surface area (Å²) in [7, 11) is -3.69. The molecule has 170 valence electrons. The normalized spacial score (nSPS) is 13.3. The van der Waals surface area contributed by atoms with Gasteiger partial charge < -0.3 is 9.14 Å². The Morgan fingerprint density at radius 1 is 1.06 bits per heavy atom. The van der Waals surface area contributed by atoms with E-state index >= 15 is 0 Å². The molecule has 0 aliphatic heterocycles. The van der Waals surface area contributed by atoms with Crippen molar-refractivity contribution in [3.8, 4) is 5.75 Å². The number of hydrogen-bond donors (Lipinski definition) is 1. The summed E-state index contributed by atoms with van der Waals surface area (Å²) in [5.74, 6) is 0.729. The van der Waals surface area contributed by atoms with E-state index in [0.29, 0.717) is 10.8 Å². The molecule has 5 nitrogen and oxygen atoms in total. The summed E-state index contributed by atoms with van der Waals surface area (Å²) >= 11 is 0. The molecule has 0 aliphatic rings. The molecule has 2 heterocycles. The van der Waals surface area contributed by atoms with Gasteiger partial charge in [-0.3, -0.25) is 5.32 Å². The average Bonchev–Trinajstić information content (AvgIpc) is 3.07. The molecule has 1 unspecified atom stereocenters. The first-order chi connectivity index (χ1) is 14.0. The van der Waals surface area contributed by atoms with E-state index in [9.17, 15) is 8.42 Å². The predicted octanol–water partition coefficient (Wildman–Crippen LogP) is 5.82. The Balaban J connectivity index is 0.00000341. The lowest BCUT2D eigenvalue weighted by molar-refractivity contribution is 0.126. The van der Waals surface area contributed by atoms with E-state index in [1.165, 1.54) is 0 Å². The van der Waals surface area contributed by atoms with Gasteiger partial charge in [0.2, 0.25) is 9.84 Å². The second-order valence-electron chi connectivity index (χ2n) is 8.94. The lowest BCUT2D eigenvalue weighted by atomic mass is 10.1. The third-order valence-electron chi connectivity index (χ3n) is 4.91. The first-order valence-electron chi connectivity index (χ1n) is 10.4. The second-order valence-corrected chi connectivity index (χ2v) is 10.8. The number of rotatable bonds is 7. The largest absolute Gasteiger partial charge is 0.475 e. The van der Waals surface area contributed by atoms with Crippen molar-refractivity contribution < 1.29 is 13.2 Å². The quantitative estimate of drug-likeness (QED) is 0.447. The summed E-state index contributed by atoms with van der Waals surface area (Å²) in [6.07, 6.45) is 2.45. The molecule has 0 saturated carbocycles. The molecule has 31 heavy (non-hydrogen) atoms. The zero-order valence-corrected chi connectivity index (χ0v) is 20.7. The standard InChI is InChI=1S/C24H32N2O3S.ClH/c1-7-22(25-24(4,5)6)29-19-11-13-20(14-12-19)30(27,28)23-21(17(2)3)16-18-10-8-9-15-26(18)23;/h8-17,22,25H,7H2,1-6H3;1H. The molecular weight excluding hydrogens is 432 g/mol. The van der Waals surface area contributed by atoms with Crippen LogP contribution in [0.4, 0.5) is 0 Å². The molecule has 0 saturated heterocycles. The van der Waals surface area contributed by atoms with Gasteiger partial charge in [-0.05, 0) is 81.1 Å². The maximum Gasteiger partial charge on any atom is 0.222 e. The highest BCUT2D eigenvalue weighted by atomic mass is 35.5. The Kier molecular flexibility index (Phi) is 7.84. The number of pyridine rings is 1. The lowest BCUT2D eigenvalue weighted by Gasteiger charge is -2.28. The van der Waals surface area contributed by atoms with E-state index in [0.717, 1.165) is 17.5 Å². The van der Waals surface area contributed by atoms with Gasteiger partial charge in [-0.1, -0.05) is 26.8 Å². The smallest absolute Gasteiger partial charge is 0.222 e. The average molecular weight is 465 g/mol. The Morgan fingerprint density at radius 2 is 1.71 bits per heavy atom. The topological polar surface area (TPSA) is 59.8 Å². The Labute approximate surface area is 192 Å². The van der Waals surface area contributed by atoms with Crippen molar-refractivity contribution >= 4 is 27.8 Å². The van der Waals surface area contributed by atoms with Gasteiger partial charge in [0, 0.05) is 17.3 Å². The first-order valence-corrected chi connectivity index (χ1v) is 11.9. The highest BCUT2D eigenvalue weighted by Gasteiger charge is 2.27. The summed E-state index contributed by atoms with van der Waals surface area (Å²) in [4.78, 5) is 0.262. The van der Waals surface area contributed by atoms with E-state index in [2.05, 4.69) is 26.1 Å². The Morgan fingerprint density at radius 3 is 2.26 bits per heavy atom. The maximum atomic E-state index is 13.5. The zero-order chi connectivity index (χ0) is 22.1. The van der Waals surface area contributed by atoms with Crippen LogP contribution in [0.5, 0.6) is 5.75 Å². The van der Waals surface area contributed by atoms with Crippen LogP contribution in [0.15, 0.2) is 64.6 Å². The molecule has 2 aromatic heterocycles. The van der Waals surface area contributed by atoms with Gasteiger partial charge in [0.1, 0.15) is 17.0 Å². The summed E-state index contributed by atoms with van der Waals surface area (Å²) in [5, 5.41) is 3.75. The van der Waals surface area contributed by atoms with Gasteiger partial charge in [0.05, 0.1) is 4.90 Å². The molecule has 3 rings (SSSR count). The number of aromatic nitrogens is 1. The summed E-state index contributed by atoms with van der Waals surface area (Å²) in [6, 6.07) is 14.4. The molecule has 0 radical (unpaired) electrons. The van der Waals surface area contributed by atoms with Crippen LogP contribution in [0.2, 0.25) is 0 Å². The second kappa shape index (κ2) is 9.63. The van der Waals surface area contributed by atoms with E-state index in [-0.39, 0.29) is 35.0 Å². The van der Waals surface area contributed by atoms with Crippen LogP contribution in [-0.4, -0.2) is 24.6 Å². The van der Waals surface area contributed by atoms with E-state index < -0.39 is 9.84 Å². The molecule has 0 amide bonds. The number of ether oxygens (including phenoxy) is 1. The number of halogens is 1. The fourth-order valence-electron chi connectivity index (χ4n) is 3.49. The van der Waals surface area contributed by atoms with E-state index in [4.69, 9.17) is 4.74 Å². The van der Waals surface area contributed by atoms with Crippen LogP contribution < -0.4 is 10.1 Å². The molecular formula is C24H33ClN2O3S. The molecule has 1 aromatic carbocycles. The van der Waals surface area contributed by atoms with Gasteiger partial charge in [-0.2, -0.15) is 0 Å². The zero-order valence-electron chi connectivity index (χ0n) is 19.0. The van der Waals surface area contributed by atoms with Crippen molar-refractivity contribution in [1.29, 1.82) is 0 Å². The number of benzene rings is 1. The first kappa shape index (κ1) is 25.2. The minimum absolute atomic E-state index is 0. The highest BCUT2D eigenvalue weighted by molar-refractivity contribution is 7.91. The molecule has 0 bridgehead atoms. The minimum Gasteiger partial charge on any atom is -0.475 e. The fourth-order valence-corrected chi connectivity index (χ4v) is 5.24. The number of nitrogens with zero attached hydrogens (tertiary/aromatic N) is 1. The number of sulfone groups is 1. The van der Waals surface area contributed by atoms with Crippen LogP contribution in [0.25, 0.3) is 5.52 Å². The van der Waals surface area contributed by atoms with Gasteiger partial charge >= 0.3 is 0 Å². The number of nitrogens with one attached hydrogen (secondary N) is 1. The Bertz CT molecular complexity index is 1110. The van der Waals surface area contributed by atoms with Crippen molar-refractivity contribution in [3.05, 3.63) is 60.3 Å². The third kappa shape index (κ3) is 5.62. The Hall–Kier alpha value is -2.02. The van der Waals surface area contributed by atoms with Crippen LogP contribution in [-0.2, 0) is 9.84 Å². The molecule has 3 aromatic rings. The molecule has 7 heteroatoms. The molecule has 1 atom stereocenters. The highest BCUT2D eigenvalue weighted by Crippen LogP contribution is 2.32. The maximum absolute atomic E-state index is 13.5. The van der Waals surface area contributed by atoms with Gasteiger partial charge in [-0.25, -0.2) is 8.42 Å². The lowest BCUT2D eigenvalue weighted by Crippen LogP contribution is -2.46. The molecule has 0 fully saturated rings. The third-order valence-corrected chi connectivity index (χ3v) is 6.75. The molecule has 0 aliphatic carbocycles. The predicted molar refractivity (Wildman–Crippen MR) is 128 cm³/mol. The summed E-state index contributed by atoms with van der Waals surface area (Å²) < 4.78 is 34.9. The van der Waals surface area contributed by atoms with Gasteiger partial charge in [-0.15, -0.1) is 12.4 Å². The van der Waals surface area contributed by atoms with Crippen LogP contribution in [0.3, 0.4) is 0 Å². The van der Waals surface area contributed by atoms with Crippen LogP contribution in [0.1, 0.15) is 59.4 Å². The van der Waals surface area contributed by atoms with Crippen molar-refractivity contribution in [1.82, 2.24) is 9.72 Å². The van der Waals surface area contributed by atoms with Crippen molar-refractivity contribution in [3.63, 3.8) is 0 Å². The van der Waals surface area contributed by atoms with E-state index in [1.54, 1.807) is 34.9 Å². The number of fused-ring (bicyclic) bond motifs is 1. The van der Waals surface area contributed by atoms with Crippen molar-refractivity contribution in [2.45, 2.75) is 75.6 Å². The van der Waals surface area contributed by atoms with Crippen molar-refractivity contribution in [2.24, 2.45) is 0 Å². The van der Waals surface area contributed by atoms with Gasteiger partial charge in [0.25, 0.3) is 0 Å². The minimum atomic E-state index is -3.69. The van der Waals surface area contributed by atoms with Gasteiger partial charge in [0.15, 0.2) is 0 Å². The fraction of sp³-hybridized carbons (Fsp3) is 0.417. The monoisotopic (exact) mass is 464 g/mol.